The predicted molar refractivity (Wildman–Crippen MR) is 88.2 cm³/mol. The lowest BCUT2D eigenvalue weighted by molar-refractivity contribution is -0.170. The Morgan fingerprint density at radius 2 is 1.79 bits per heavy atom. The van der Waals surface area contributed by atoms with Crippen molar-refractivity contribution in [2.45, 2.75) is 65.2 Å². The first kappa shape index (κ1) is 16.3. The van der Waals surface area contributed by atoms with Crippen molar-refractivity contribution < 1.29 is 19.5 Å². The van der Waals surface area contributed by atoms with Gasteiger partial charge in [-0.05, 0) is 61.2 Å². The summed E-state index contributed by atoms with van der Waals surface area (Å²) in [4.78, 5) is 36.5. The van der Waals surface area contributed by atoms with Crippen LogP contribution in [0.5, 0.6) is 0 Å². The van der Waals surface area contributed by atoms with Crippen LogP contribution in [0.25, 0.3) is 0 Å². The molecule has 4 rings (SSSR count). The first-order valence-corrected chi connectivity index (χ1v) is 9.55. The van der Waals surface area contributed by atoms with Gasteiger partial charge in [-0.3, -0.25) is 14.4 Å². The fourth-order valence-electron chi connectivity index (χ4n) is 7.17. The molecule has 0 heterocycles. The maximum atomic E-state index is 12.5. The van der Waals surface area contributed by atoms with Crippen molar-refractivity contribution in [2.24, 2.45) is 40.4 Å². The van der Waals surface area contributed by atoms with Crippen molar-refractivity contribution in [1.29, 1.82) is 0 Å². The zero-order valence-corrected chi connectivity index (χ0v) is 14.7. The van der Waals surface area contributed by atoms with Crippen LogP contribution in [0.2, 0.25) is 0 Å². The van der Waals surface area contributed by atoms with Crippen molar-refractivity contribution in [1.82, 2.24) is 0 Å². The zero-order valence-electron chi connectivity index (χ0n) is 14.7. The molecular formula is C20H28O4. The van der Waals surface area contributed by atoms with Crippen LogP contribution < -0.4 is 0 Å². The third kappa shape index (κ3) is 2.01. The van der Waals surface area contributed by atoms with Crippen LogP contribution in [0.3, 0.4) is 0 Å². The van der Waals surface area contributed by atoms with Gasteiger partial charge in [-0.25, -0.2) is 0 Å². The van der Waals surface area contributed by atoms with Crippen molar-refractivity contribution in [2.75, 3.05) is 0 Å². The Morgan fingerprint density at radius 3 is 2.50 bits per heavy atom. The van der Waals surface area contributed by atoms with E-state index in [0.29, 0.717) is 49.2 Å². The highest BCUT2D eigenvalue weighted by molar-refractivity contribution is 5.87. The van der Waals surface area contributed by atoms with E-state index in [1.54, 1.807) is 0 Å². The highest BCUT2D eigenvalue weighted by Gasteiger charge is 2.63. The normalized spacial score (nSPS) is 50.8. The molecule has 1 unspecified atom stereocenters. The molecule has 7 atom stereocenters. The Morgan fingerprint density at radius 1 is 1.04 bits per heavy atom. The molecule has 4 aliphatic carbocycles. The number of ketones is 2. The predicted octanol–water partition coefficient (Wildman–Crippen LogP) is 3.48. The zero-order chi connectivity index (χ0) is 17.3. The summed E-state index contributed by atoms with van der Waals surface area (Å²) in [5.74, 6) is 0.623. The highest BCUT2D eigenvalue weighted by Crippen LogP contribution is 2.66. The first-order chi connectivity index (χ1) is 11.3. The summed E-state index contributed by atoms with van der Waals surface area (Å²) in [5, 5.41) is 9.85. The second-order valence-corrected chi connectivity index (χ2v) is 9.33. The summed E-state index contributed by atoms with van der Waals surface area (Å²) < 4.78 is 0. The molecule has 0 saturated heterocycles. The number of rotatable bonds is 1. The van der Waals surface area contributed by atoms with Crippen molar-refractivity contribution in [3.63, 3.8) is 0 Å². The average molecular weight is 332 g/mol. The van der Waals surface area contributed by atoms with Crippen LogP contribution in [0.1, 0.15) is 65.2 Å². The minimum absolute atomic E-state index is 0.0149. The number of carboxylic acid groups (broad SMARTS) is 1. The van der Waals surface area contributed by atoms with E-state index >= 15 is 0 Å². The Balaban J connectivity index is 1.74. The maximum absolute atomic E-state index is 12.5. The van der Waals surface area contributed by atoms with Gasteiger partial charge in [0, 0.05) is 24.7 Å². The molecule has 4 saturated carbocycles. The fourth-order valence-corrected chi connectivity index (χ4v) is 7.17. The SMILES string of the molecule is C[C@]12CCC(=O)CC1[C@@H](C(=O)O)C[C@@H]1[C@@H]2CC[C@]2(C)C(=O)CC[C@@H]12. The van der Waals surface area contributed by atoms with E-state index in [2.05, 4.69) is 13.8 Å². The van der Waals surface area contributed by atoms with E-state index in [0.717, 1.165) is 25.7 Å². The third-order valence-electron chi connectivity index (χ3n) is 8.56. The fraction of sp³-hybridized carbons (Fsp3) is 0.850. The van der Waals surface area contributed by atoms with Gasteiger partial charge in [-0.15, -0.1) is 0 Å². The molecule has 4 aliphatic rings. The summed E-state index contributed by atoms with van der Waals surface area (Å²) in [7, 11) is 0. The first-order valence-electron chi connectivity index (χ1n) is 9.55. The number of hydrogen-bond acceptors (Lipinski definition) is 3. The Bertz CT molecular complexity index is 611. The third-order valence-corrected chi connectivity index (χ3v) is 8.56. The van der Waals surface area contributed by atoms with E-state index in [1.807, 2.05) is 0 Å². The number of aliphatic carboxylic acids is 1. The minimum atomic E-state index is -0.740. The van der Waals surface area contributed by atoms with Crippen molar-refractivity contribution >= 4 is 17.5 Å². The number of carbonyl (C=O) groups is 3. The van der Waals surface area contributed by atoms with Crippen LogP contribution in [0, 0.1) is 40.4 Å². The molecule has 24 heavy (non-hydrogen) atoms. The molecule has 4 nitrogen and oxygen atoms in total. The molecule has 0 amide bonds. The molecule has 0 bridgehead atoms. The average Bonchev–Trinajstić information content (AvgIpc) is 2.83. The van der Waals surface area contributed by atoms with Crippen LogP contribution in [-0.2, 0) is 14.4 Å². The molecule has 4 fully saturated rings. The maximum Gasteiger partial charge on any atom is 0.306 e. The molecule has 0 radical (unpaired) electrons. The second kappa shape index (κ2) is 5.15. The van der Waals surface area contributed by atoms with E-state index in [1.165, 1.54) is 0 Å². The summed E-state index contributed by atoms with van der Waals surface area (Å²) in [6.45, 7) is 4.37. The summed E-state index contributed by atoms with van der Waals surface area (Å²) in [6.07, 6.45) is 6.12. The van der Waals surface area contributed by atoms with Crippen LogP contribution >= 0.6 is 0 Å². The van der Waals surface area contributed by atoms with Gasteiger partial charge in [-0.1, -0.05) is 13.8 Å². The van der Waals surface area contributed by atoms with Gasteiger partial charge in [0.25, 0.3) is 0 Å². The van der Waals surface area contributed by atoms with E-state index in [4.69, 9.17) is 0 Å². The lowest BCUT2D eigenvalue weighted by atomic mass is 9.43. The van der Waals surface area contributed by atoms with Gasteiger partial charge in [0.1, 0.15) is 11.6 Å². The molecular weight excluding hydrogens is 304 g/mol. The summed E-state index contributed by atoms with van der Waals surface area (Å²) in [6, 6.07) is 0. The van der Waals surface area contributed by atoms with Gasteiger partial charge < -0.3 is 5.11 Å². The summed E-state index contributed by atoms with van der Waals surface area (Å²) in [5.41, 5.74) is -0.273. The smallest absolute Gasteiger partial charge is 0.306 e. The van der Waals surface area contributed by atoms with E-state index in [9.17, 15) is 19.5 Å². The molecule has 0 aromatic rings. The largest absolute Gasteiger partial charge is 0.481 e. The number of hydrogen-bond donors (Lipinski definition) is 1. The molecule has 0 spiro atoms. The monoisotopic (exact) mass is 332 g/mol. The Labute approximate surface area is 143 Å². The summed E-state index contributed by atoms with van der Waals surface area (Å²) >= 11 is 0. The van der Waals surface area contributed by atoms with Gasteiger partial charge in [0.2, 0.25) is 0 Å². The van der Waals surface area contributed by atoms with Crippen LogP contribution in [0.4, 0.5) is 0 Å². The van der Waals surface area contributed by atoms with Crippen LogP contribution in [0.15, 0.2) is 0 Å². The molecule has 0 aliphatic heterocycles. The topological polar surface area (TPSA) is 71.4 Å². The number of Topliss-reactive ketones (excluding diaryl/α,β-unsaturated/α-hetero) is 2. The standard InChI is InChI=1S/C20H28O4/c1-19-7-5-11(21)9-16(19)13(18(23)24)10-12-14-3-4-17(22)20(14,2)8-6-15(12)19/h12-16H,3-10H2,1-2H3,(H,23,24)/t12-,13-,14-,15-,16?,19+,20-/m0/s1. The van der Waals surface area contributed by atoms with Gasteiger partial charge >= 0.3 is 5.97 Å². The lowest BCUT2D eigenvalue weighted by Gasteiger charge is -2.60. The van der Waals surface area contributed by atoms with Gasteiger partial charge in [0.15, 0.2) is 0 Å². The van der Waals surface area contributed by atoms with E-state index < -0.39 is 11.9 Å². The van der Waals surface area contributed by atoms with Crippen molar-refractivity contribution in [3.05, 3.63) is 0 Å². The highest BCUT2D eigenvalue weighted by atomic mass is 16.4. The van der Waals surface area contributed by atoms with Gasteiger partial charge in [0.05, 0.1) is 5.92 Å². The van der Waals surface area contributed by atoms with Crippen molar-refractivity contribution in [3.8, 4) is 0 Å². The molecule has 132 valence electrons. The molecule has 0 aromatic carbocycles. The quantitative estimate of drug-likeness (QED) is 0.798. The molecule has 0 aromatic heterocycles. The molecule has 1 N–H and O–H groups in total. The Kier molecular flexibility index (Phi) is 3.50. The number of fused-ring (bicyclic) bond motifs is 5. The lowest BCUT2D eigenvalue weighted by Crippen LogP contribution is -2.57. The number of carbonyl (C=O) groups excluding carboxylic acids is 2. The molecule has 4 heteroatoms. The van der Waals surface area contributed by atoms with Crippen LogP contribution in [-0.4, -0.2) is 22.6 Å². The second-order valence-electron chi connectivity index (χ2n) is 9.33. The van der Waals surface area contributed by atoms with E-state index in [-0.39, 0.29) is 22.5 Å². The Hall–Kier alpha value is -1.19. The number of carboxylic acids is 1. The van der Waals surface area contributed by atoms with Gasteiger partial charge in [-0.2, -0.15) is 0 Å². The minimum Gasteiger partial charge on any atom is -0.481 e.